The van der Waals surface area contributed by atoms with Crippen LogP contribution in [0.1, 0.15) is 16.1 Å². The Hall–Kier alpha value is -2.50. The second-order valence-corrected chi connectivity index (χ2v) is 3.50. The number of carbonyl (C=O) groups excluding carboxylic acids is 1. The molecule has 6 nitrogen and oxygen atoms in total. The quantitative estimate of drug-likeness (QED) is 0.861. The average molecular weight is 244 g/mol. The predicted molar refractivity (Wildman–Crippen MR) is 64.0 cm³/mol. The molecule has 6 heteroatoms. The topological polar surface area (TPSA) is 77.0 Å². The van der Waals surface area contributed by atoms with Gasteiger partial charge < -0.3 is 10.1 Å². The number of rotatable bonds is 4. The van der Waals surface area contributed by atoms with Crippen molar-refractivity contribution in [3.8, 4) is 5.88 Å². The number of nitrogens with zero attached hydrogens (tertiary/aromatic N) is 3. The van der Waals surface area contributed by atoms with E-state index in [4.69, 9.17) is 4.74 Å². The van der Waals surface area contributed by atoms with E-state index in [2.05, 4.69) is 20.5 Å². The van der Waals surface area contributed by atoms with Crippen molar-refractivity contribution >= 4 is 5.91 Å². The van der Waals surface area contributed by atoms with Gasteiger partial charge in [0.2, 0.25) is 5.88 Å². The average Bonchev–Trinajstić information content (AvgIpc) is 2.46. The molecule has 2 aromatic heterocycles. The van der Waals surface area contributed by atoms with Crippen molar-refractivity contribution in [2.45, 2.75) is 6.54 Å². The molecule has 92 valence electrons. The second-order valence-electron chi connectivity index (χ2n) is 3.50. The van der Waals surface area contributed by atoms with Crippen LogP contribution in [-0.4, -0.2) is 28.2 Å². The van der Waals surface area contributed by atoms with Gasteiger partial charge in [-0.15, -0.1) is 10.2 Å². The number of methoxy groups -OCH3 is 1. The van der Waals surface area contributed by atoms with Crippen LogP contribution in [0.2, 0.25) is 0 Å². The molecule has 2 heterocycles. The minimum absolute atomic E-state index is 0.254. The van der Waals surface area contributed by atoms with Crippen LogP contribution in [0.3, 0.4) is 0 Å². The Labute approximate surface area is 104 Å². The van der Waals surface area contributed by atoms with Gasteiger partial charge in [-0.3, -0.25) is 9.78 Å². The number of aromatic nitrogens is 3. The number of ether oxygens (including phenoxy) is 1. The van der Waals surface area contributed by atoms with Gasteiger partial charge in [-0.25, -0.2) is 0 Å². The molecule has 0 spiro atoms. The lowest BCUT2D eigenvalue weighted by molar-refractivity contribution is 0.0944. The highest BCUT2D eigenvalue weighted by molar-refractivity contribution is 5.91. The maximum atomic E-state index is 11.7. The van der Waals surface area contributed by atoms with Gasteiger partial charge in [0.05, 0.1) is 7.11 Å². The van der Waals surface area contributed by atoms with Crippen LogP contribution in [0.15, 0.2) is 36.7 Å². The predicted octanol–water partition coefficient (Wildman–Crippen LogP) is 0.810. The molecule has 2 aromatic rings. The standard InChI is InChI=1S/C12H12N4O2/c1-18-11-3-2-10(15-16-11)12(17)14-8-9-4-6-13-7-5-9/h2-7H,8H2,1H3,(H,14,17). The number of hydrogen-bond acceptors (Lipinski definition) is 5. The summed E-state index contributed by atoms with van der Waals surface area (Å²) in [5.74, 6) is 0.0997. The van der Waals surface area contributed by atoms with Gasteiger partial charge in [0.25, 0.3) is 5.91 Å². The smallest absolute Gasteiger partial charge is 0.272 e. The fourth-order valence-electron chi connectivity index (χ4n) is 1.32. The van der Waals surface area contributed by atoms with Crippen LogP contribution < -0.4 is 10.1 Å². The zero-order chi connectivity index (χ0) is 12.8. The van der Waals surface area contributed by atoms with E-state index in [1.165, 1.54) is 7.11 Å². The Morgan fingerprint density at radius 3 is 2.61 bits per heavy atom. The van der Waals surface area contributed by atoms with E-state index >= 15 is 0 Å². The molecule has 1 N–H and O–H groups in total. The highest BCUT2D eigenvalue weighted by Gasteiger charge is 2.07. The van der Waals surface area contributed by atoms with Crippen LogP contribution in [-0.2, 0) is 6.54 Å². The zero-order valence-electron chi connectivity index (χ0n) is 9.83. The first-order chi connectivity index (χ1) is 8.79. The van der Waals surface area contributed by atoms with E-state index in [0.717, 1.165) is 5.56 Å². The van der Waals surface area contributed by atoms with Crippen LogP contribution in [0, 0.1) is 0 Å². The lowest BCUT2D eigenvalue weighted by Gasteiger charge is -2.04. The van der Waals surface area contributed by atoms with Crippen molar-refractivity contribution < 1.29 is 9.53 Å². The van der Waals surface area contributed by atoms with Gasteiger partial charge in [0.1, 0.15) is 0 Å². The number of hydrogen-bond donors (Lipinski definition) is 1. The Balaban J connectivity index is 1.95. The maximum Gasteiger partial charge on any atom is 0.272 e. The van der Waals surface area contributed by atoms with Crippen LogP contribution >= 0.6 is 0 Å². The molecule has 18 heavy (non-hydrogen) atoms. The van der Waals surface area contributed by atoms with E-state index in [1.807, 2.05) is 12.1 Å². The molecule has 0 aromatic carbocycles. The van der Waals surface area contributed by atoms with E-state index in [9.17, 15) is 4.79 Å². The third-order valence-corrected chi connectivity index (χ3v) is 2.28. The zero-order valence-corrected chi connectivity index (χ0v) is 9.83. The van der Waals surface area contributed by atoms with Gasteiger partial charge in [-0.1, -0.05) is 0 Å². The van der Waals surface area contributed by atoms with Gasteiger partial charge in [-0.05, 0) is 23.8 Å². The van der Waals surface area contributed by atoms with Crippen molar-refractivity contribution in [2.75, 3.05) is 7.11 Å². The molecule has 1 amide bonds. The lowest BCUT2D eigenvalue weighted by atomic mass is 10.2. The van der Waals surface area contributed by atoms with Gasteiger partial charge >= 0.3 is 0 Å². The molecule has 0 aliphatic rings. The molecule has 0 unspecified atom stereocenters. The molecule has 0 radical (unpaired) electrons. The third-order valence-electron chi connectivity index (χ3n) is 2.28. The summed E-state index contributed by atoms with van der Waals surface area (Å²) in [5.41, 5.74) is 1.23. The number of nitrogens with one attached hydrogen (secondary N) is 1. The van der Waals surface area contributed by atoms with Crippen molar-refractivity contribution in [3.05, 3.63) is 47.9 Å². The van der Waals surface area contributed by atoms with Crippen LogP contribution in [0.4, 0.5) is 0 Å². The lowest BCUT2D eigenvalue weighted by Crippen LogP contribution is -2.24. The van der Waals surface area contributed by atoms with Gasteiger partial charge in [0, 0.05) is 25.0 Å². The minimum Gasteiger partial charge on any atom is -0.480 e. The molecule has 0 saturated heterocycles. The summed E-state index contributed by atoms with van der Waals surface area (Å²) >= 11 is 0. The van der Waals surface area contributed by atoms with Crippen molar-refractivity contribution in [1.82, 2.24) is 20.5 Å². The summed E-state index contributed by atoms with van der Waals surface area (Å²) in [5, 5.41) is 10.2. The number of pyridine rings is 1. The van der Waals surface area contributed by atoms with Crippen molar-refractivity contribution in [2.24, 2.45) is 0 Å². The van der Waals surface area contributed by atoms with Gasteiger partial charge in [0.15, 0.2) is 5.69 Å². The van der Waals surface area contributed by atoms with E-state index in [-0.39, 0.29) is 11.6 Å². The molecule has 0 bridgehead atoms. The first-order valence-corrected chi connectivity index (χ1v) is 5.34. The summed E-state index contributed by atoms with van der Waals surface area (Å²) in [7, 11) is 1.49. The van der Waals surface area contributed by atoms with Crippen molar-refractivity contribution in [1.29, 1.82) is 0 Å². The fourth-order valence-corrected chi connectivity index (χ4v) is 1.32. The number of carbonyl (C=O) groups is 1. The SMILES string of the molecule is COc1ccc(C(=O)NCc2ccncc2)nn1. The largest absolute Gasteiger partial charge is 0.480 e. The first kappa shape index (κ1) is 12.0. The molecule has 2 rings (SSSR count). The molecule has 0 saturated carbocycles. The number of amides is 1. The molecule has 0 fully saturated rings. The van der Waals surface area contributed by atoms with E-state index in [0.29, 0.717) is 12.4 Å². The Kier molecular flexibility index (Phi) is 3.80. The van der Waals surface area contributed by atoms with Gasteiger partial charge in [-0.2, -0.15) is 0 Å². The highest BCUT2D eigenvalue weighted by Crippen LogP contribution is 2.03. The van der Waals surface area contributed by atoms with Crippen molar-refractivity contribution in [3.63, 3.8) is 0 Å². The fraction of sp³-hybridized carbons (Fsp3) is 0.167. The summed E-state index contributed by atoms with van der Waals surface area (Å²) in [6, 6.07) is 6.82. The first-order valence-electron chi connectivity index (χ1n) is 5.34. The molecule has 0 aliphatic carbocycles. The third kappa shape index (κ3) is 3.00. The molecule has 0 atom stereocenters. The minimum atomic E-state index is -0.276. The van der Waals surface area contributed by atoms with E-state index < -0.39 is 0 Å². The molecule has 0 aliphatic heterocycles. The normalized spacial score (nSPS) is 9.83. The second kappa shape index (κ2) is 5.72. The summed E-state index contributed by atoms with van der Waals surface area (Å²) < 4.78 is 4.87. The summed E-state index contributed by atoms with van der Waals surface area (Å²) in [6.45, 7) is 0.426. The highest BCUT2D eigenvalue weighted by atomic mass is 16.5. The molecular formula is C12H12N4O2. The Bertz CT molecular complexity index is 513. The Morgan fingerprint density at radius 1 is 1.22 bits per heavy atom. The van der Waals surface area contributed by atoms with Crippen LogP contribution in [0.25, 0.3) is 0 Å². The van der Waals surface area contributed by atoms with Crippen LogP contribution in [0.5, 0.6) is 5.88 Å². The maximum absolute atomic E-state index is 11.7. The Morgan fingerprint density at radius 2 is 2.00 bits per heavy atom. The van der Waals surface area contributed by atoms with E-state index in [1.54, 1.807) is 24.5 Å². The summed E-state index contributed by atoms with van der Waals surface area (Å²) in [6.07, 6.45) is 3.35. The monoisotopic (exact) mass is 244 g/mol. The molecular weight excluding hydrogens is 232 g/mol. The summed E-state index contributed by atoms with van der Waals surface area (Å²) in [4.78, 5) is 15.6.